The van der Waals surface area contributed by atoms with Crippen LogP contribution in [-0.2, 0) is 19.6 Å². The maximum atomic E-state index is 11.8. The van der Waals surface area contributed by atoms with Crippen LogP contribution >= 0.6 is 11.8 Å². The summed E-state index contributed by atoms with van der Waals surface area (Å²) in [5.41, 5.74) is 0.601. The lowest BCUT2D eigenvalue weighted by atomic mass is 10.2. The van der Waals surface area contributed by atoms with Gasteiger partial charge in [-0.2, -0.15) is 12.8 Å². The Morgan fingerprint density at radius 3 is 2.79 bits per heavy atom. The van der Waals surface area contributed by atoms with Crippen molar-refractivity contribution in [2.75, 3.05) is 7.11 Å². The van der Waals surface area contributed by atoms with Gasteiger partial charge in [0.2, 0.25) is 0 Å². The first-order valence-corrected chi connectivity index (χ1v) is 7.94. The number of sulfonamides is 1. The fourth-order valence-electron chi connectivity index (χ4n) is 1.71. The maximum Gasteiger partial charge on any atom is 0.306 e. The van der Waals surface area contributed by atoms with Crippen LogP contribution in [0, 0.1) is 0 Å². The largest absolute Gasteiger partial charge is 0.469 e. The molecule has 1 aliphatic rings. The highest BCUT2D eigenvalue weighted by molar-refractivity contribution is 8.16. The molecular formula is C12H13NO4S2. The van der Waals surface area contributed by atoms with Crippen molar-refractivity contribution >= 4 is 32.8 Å². The summed E-state index contributed by atoms with van der Waals surface area (Å²) in [6.45, 7) is 1.83. The summed E-state index contributed by atoms with van der Waals surface area (Å²) in [5, 5.41) is 0.333. The molecule has 1 aromatic rings. The minimum absolute atomic E-state index is 0.104. The van der Waals surface area contributed by atoms with Crippen LogP contribution in [0.15, 0.2) is 33.6 Å². The zero-order valence-electron chi connectivity index (χ0n) is 10.5. The predicted molar refractivity (Wildman–Crippen MR) is 73.9 cm³/mol. The van der Waals surface area contributed by atoms with Crippen LogP contribution in [0.5, 0.6) is 0 Å². The van der Waals surface area contributed by atoms with Crippen LogP contribution in [0.1, 0.15) is 18.9 Å². The molecule has 0 N–H and O–H groups in total. The lowest BCUT2D eigenvalue weighted by molar-refractivity contribution is -0.140. The van der Waals surface area contributed by atoms with Gasteiger partial charge in [-0.3, -0.25) is 4.79 Å². The summed E-state index contributed by atoms with van der Waals surface area (Å²) in [6, 6.07) is 6.68. The summed E-state index contributed by atoms with van der Waals surface area (Å²) < 4.78 is 32.0. The minimum Gasteiger partial charge on any atom is -0.469 e. The second-order valence-corrected chi connectivity index (χ2v) is 7.08. The van der Waals surface area contributed by atoms with Crippen LogP contribution in [0.4, 0.5) is 0 Å². The quantitative estimate of drug-likeness (QED) is 0.796. The molecule has 0 saturated carbocycles. The van der Waals surface area contributed by atoms with Gasteiger partial charge in [-0.15, -0.1) is 11.8 Å². The number of esters is 1. The molecule has 2 rings (SSSR count). The predicted octanol–water partition coefficient (Wildman–Crippen LogP) is 1.82. The van der Waals surface area contributed by atoms with E-state index in [9.17, 15) is 13.2 Å². The Balaban J connectivity index is 2.21. The number of benzene rings is 1. The number of carbonyl (C=O) groups is 1. The van der Waals surface area contributed by atoms with Crippen molar-refractivity contribution in [3.8, 4) is 0 Å². The zero-order valence-corrected chi connectivity index (χ0v) is 12.1. The fourth-order valence-corrected chi connectivity index (χ4v) is 4.26. The van der Waals surface area contributed by atoms with Gasteiger partial charge in [0.25, 0.3) is 10.0 Å². The number of rotatable bonds is 3. The third kappa shape index (κ3) is 2.98. The van der Waals surface area contributed by atoms with Crippen molar-refractivity contribution in [3.05, 3.63) is 29.8 Å². The van der Waals surface area contributed by atoms with Crippen molar-refractivity contribution in [2.24, 2.45) is 4.40 Å². The average Bonchev–Trinajstić information content (AvgIpc) is 2.61. The standard InChI is InChI=1S/C12H13NO4S2/c1-8(7-11(14)17-2)18-12-9-5-3-4-6-10(9)19(15,16)13-12/h3-6,8H,7H2,1-2H3. The molecule has 19 heavy (non-hydrogen) atoms. The highest BCUT2D eigenvalue weighted by Gasteiger charge is 2.29. The average molecular weight is 299 g/mol. The van der Waals surface area contributed by atoms with Crippen LogP contribution in [0.25, 0.3) is 0 Å². The van der Waals surface area contributed by atoms with Crippen molar-refractivity contribution in [1.29, 1.82) is 0 Å². The smallest absolute Gasteiger partial charge is 0.306 e. The van der Waals surface area contributed by atoms with Gasteiger partial charge in [-0.05, 0) is 6.07 Å². The Kier molecular flexibility index (Phi) is 3.96. The Morgan fingerprint density at radius 1 is 1.42 bits per heavy atom. The molecule has 1 atom stereocenters. The Hall–Kier alpha value is -1.34. The molecule has 5 nitrogen and oxygen atoms in total. The van der Waals surface area contributed by atoms with E-state index < -0.39 is 10.0 Å². The van der Waals surface area contributed by atoms with E-state index in [1.54, 1.807) is 18.2 Å². The zero-order chi connectivity index (χ0) is 14.0. The van der Waals surface area contributed by atoms with Crippen molar-refractivity contribution in [3.63, 3.8) is 0 Å². The van der Waals surface area contributed by atoms with Crippen LogP contribution < -0.4 is 0 Å². The normalized spacial score (nSPS) is 17.5. The Morgan fingerprint density at radius 2 is 2.11 bits per heavy atom. The van der Waals surface area contributed by atoms with E-state index in [4.69, 9.17) is 0 Å². The van der Waals surface area contributed by atoms with E-state index in [-0.39, 0.29) is 22.5 Å². The second kappa shape index (κ2) is 5.34. The number of thioether (sulfide) groups is 1. The molecule has 0 amide bonds. The number of nitrogens with zero attached hydrogens (tertiary/aromatic N) is 1. The molecule has 1 heterocycles. The number of ether oxygens (including phenoxy) is 1. The Labute approximate surface area is 116 Å². The second-order valence-electron chi connectivity index (χ2n) is 4.08. The van der Waals surface area contributed by atoms with Gasteiger partial charge >= 0.3 is 5.97 Å². The monoisotopic (exact) mass is 299 g/mol. The van der Waals surface area contributed by atoms with E-state index in [2.05, 4.69) is 9.13 Å². The van der Waals surface area contributed by atoms with E-state index in [1.165, 1.54) is 24.9 Å². The van der Waals surface area contributed by atoms with Gasteiger partial charge in [0.1, 0.15) is 5.04 Å². The Bertz CT molecular complexity index is 637. The summed E-state index contributed by atoms with van der Waals surface area (Å²) in [4.78, 5) is 11.4. The van der Waals surface area contributed by atoms with E-state index in [1.807, 2.05) is 6.92 Å². The summed E-state index contributed by atoms with van der Waals surface area (Å²) >= 11 is 1.27. The molecule has 0 aliphatic carbocycles. The summed E-state index contributed by atoms with van der Waals surface area (Å²) in [7, 11) is -2.26. The third-order valence-corrected chi connectivity index (χ3v) is 5.15. The van der Waals surface area contributed by atoms with E-state index in [0.29, 0.717) is 10.6 Å². The lowest BCUT2D eigenvalue weighted by Gasteiger charge is -2.09. The summed E-state index contributed by atoms with van der Waals surface area (Å²) in [5.74, 6) is -0.324. The van der Waals surface area contributed by atoms with Crippen molar-refractivity contribution < 1.29 is 17.9 Å². The minimum atomic E-state index is -3.58. The molecule has 0 radical (unpaired) electrons. The number of methoxy groups -OCH3 is 1. The summed E-state index contributed by atoms with van der Waals surface area (Å²) in [6.07, 6.45) is 0.211. The molecule has 7 heteroatoms. The van der Waals surface area contributed by atoms with Gasteiger partial charge in [-0.1, -0.05) is 25.1 Å². The third-order valence-electron chi connectivity index (χ3n) is 2.59. The highest BCUT2D eigenvalue weighted by atomic mass is 32.2. The molecule has 1 unspecified atom stereocenters. The van der Waals surface area contributed by atoms with Crippen LogP contribution in [0.3, 0.4) is 0 Å². The molecule has 102 valence electrons. The molecule has 0 aromatic heterocycles. The number of hydrogen-bond donors (Lipinski definition) is 0. The molecule has 0 fully saturated rings. The first-order valence-electron chi connectivity index (χ1n) is 5.62. The van der Waals surface area contributed by atoms with Crippen molar-refractivity contribution in [1.82, 2.24) is 0 Å². The van der Waals surface area contributed by atoms with Crippen LogP contribution in [-0.4, -0.2) is 31.8 Å². The van der Waals surface area contributed by atoms with Gasteiger partial charge in [-0.25, -0.2) is 0 Å². The molecule has 0 bridgehead atoms. The van der Waals surface area contributed by atoms with Gasteiger partial charge < -0.3 is 4.74 Å². The first kappa shape index (κ1) is 14.1. The number of fused-ring (bicyclic) bond motifs is 1. The van der Waals surface area contributed by atoms with Crippen LogP contribution in [0.2, 0.25) is 0 Å². The number of carbonyl (C=O) groups excluding carboxylic acids is 1. The fraction of sp³-hybridized carbons (Fsp3) is 0.333. The molecule has 0 spiro atoms. The van der Waals surface area contributed by atoms with Crippen molar-refractivity contribution in [2.45, 2.75) is 23.5 Å². The molecule has 0 saturated heterocycles. The van der Waals surface area contributed by atoms with Gasteiger partial charge in [0.15, 0.2) is 0 Å². The van der Waals surface area contributed by atoms with E-state index in [0.717, 1.165) is 0 Å². The molecule has 1 aliphatic heterocycles. The molecule has 1 aromatic carbocycles. The topological polar surface area (TPSA) is 72.8 Å². The first-order chi connectivity index (χ1) is 8.94. The number of hydrogen-bond acceptors (Lipinski definition) is 5. The van der Waals surface area contributed by atoms with Gasteiger partial charge in [0, 0.05) is 10.8 Å². The van der Waals surface area contributed by atoms with E-state index >= 15 is 0 Å². The van der Waals surface area contributed by atoms with Gasteiger partial charge in [0.05, 0.1) is 18.4 Å². The maximum absolute atomic E-state index is 11.8. The SMILES string of the molecule is COC(=O)CC(C)SC1=NS(=O)(=O)c2ccccc21. The lowest BCUT2D eigenvalue weighted by Crippen LogP contribution is -2.10. The molecular weight excluding hydrogens is 286 g/mol. The highest BCUT2D eigenvalue weighted by Crippen LogP contribution is 2.33.